The molecule has 0 aliphatic carbocycles. The van der Waals surface area contributed by atoms with Crippen molar-refractivity contribution in [2.75, 3.05) is 5.32 Å². The van der Waals surface area contributed by atoms with Crippen molar-refractivity contribution in [3.8, 4) is 0 Å². The van der Waals surface area contributed by atoms with Gasteiger partial charge in [-0.25, -0.2) is 0 Å². The van der Waals surface area contributed by atoms with E-state index >= 15 is 0 Å². The molecule has 2 aromatic rings. The summed E-state index contributed by atoms with van der Waals surface area (Å²) in [7, 11) is 1.53. The van der Waals surface area contributed by atoms with Crippen LogP contribution in [0.1, 0.15) is 16.1 Å². The van der Waals surface area contributed by atoms with Crippen molar-refractivity contribution >= 4 is 23.3 Å². The number of nitrogens with one attached hydrogen (secondary N) is 1. The number of carboxylic acids is 1. The van der Waals surface area contributed by atoms with Crippen molar-refractivity contribution in [1.82, 2.24) is 4.57 Å². The Morgan fingerprint density at radius 1 is 1.36 bits per heavy atom. The molecule has 0 radical (unpaired) electrons. The van der Waals surface area contributed by atoms with Crippen LogP contribution in [-0.2, 0) is 18.3 Å². The Labute approximate surface area is 125 Å². The summed E-state index contributed by atoms with van der Waals surface area (Å²) in [6.07, 6.45) is 1.09. The summed E-state index contributed by atoms with van der Waals surface area (Å²) >= 11 is 0. The molecule has 1 aromatic heterocycles. The van der Waals surface area contributed by atoms with E-state index in [2.05, 4.69) is 5.32 Å². The highest BCUT2D eigenvalue weighted by molar-refractivity contribution is 6.03. The molecule has 0 aliphatic rings. The number of amides is 1. The minimum atomic E-state index is -0.971. The first-order chi connectivity index (χ1) is 10.4. The number of hydrogen-bond donors (Lipinski definition) is 2. The molecular weight excluding hydrogens is 290 g/mol. The average molecular weight is 303 g/mol. The van der Waals surface area contributed by atoms with Crippen LogP contribution in [0.5, 0.6) is 0 Å². The molecule has 22 heavy (non-hydrogen) atoms. The summed E-state index contributed by atoms with van der Waals surface area (Å²) in [4.78, 5) is 32.9. The minimum Gasteiger partial charge on any atom is -0.481 e. The molecule has 1 aromatic carbocycles. The third-order valence-electron chi connectivity index (χ3n) is 2.97. The molecular formula is C14H13N3O5. The van der Waals surface area contributed by atoms with Crippen LogP contribution >= 0.6 is 0 Å². The van der Waals surface area contributed by atoms with Crippen LogP contribution in [0.3, 0.4) is 0 Å². The maximum Gasteiger partial charge on any atom is 0.307 e. The number of rotatable bonds is 5. The largest absolute Gasteiger partial charge is 0.481 e. The predicted octanol–water partition coefficient (Wildman–Crippen LogP) is 1.81. The van der Waals surface area contributed by atoms with Crippen molar-refractivity contribution in [1.29, 1.82) is 0 Å². The number of aromatic nitrogens is 1. The molecule has 8 heteroatoms. The molecule has 0 aliphatic heterocycles. The molecule has 2 rings (SSSR count). The highest BCUT2D eigenvalue weighted by atomic mass is 16.6. The van der Waals surface area contributed by atoms with Crippen molar-refractivity contribution in [3.05, 3.63) is 57.9 Å². The lowest BCUT2D eigenvalue weighted by Crippen LogP contribution is -2.15. The Bertz CT molecular complexity index is 751. The first kappa shape index (κ1) is 15.2. The molecule has 114 valence electrons. The molecule has 2 N–H and O–H groups in total. The van der Waals surface area contributed by atoms with E-state index in [1.54, 1.807) is 24.3 Å². The number of anilines is 1. The normalized spacial score (nSPS) is 10.2. The quantitative estimate of drug-likeness (QED) is 0.645. The van der Waals surface area contributed by atoms with Gasteiger partial charge in [-0.3, -0.25) is 19.7 Å². The van der Waals surface area contributed by atoms with Crippen molar-refractivity contribution in [2.45, 2.75) is 6.42 Å². The number of carboxylic acid groups (broad SMARTS) is 1. The summed E-state index contributed by atoms with van der Waals surface area (Å²) in [5.74, 6) is -1.48. The number of aliphatic carboxylic acids is 1. The zero-order chi connectivity index (χ0) is 16.3. The van der Waals surface area contributed by atoms with Gasteiger partial charge in [0.25, 0.3) is 11.6 Å². The second-order valence-electron chi connectivity index (χ2n) is 4.68. The summed E-state index contributed by atoms with van der Waals surface area (Å²) in [6.45, 7) is 0. The molecule has 0 fully saturated rings. The van der Waals surface area contributed by atoms with Gasteiger partial charge in [0.2, 0.25) is 0 Å². The van der Waals surface area contributed by atoms with Crippen LogP contribution < -0.4 is 5.32 Å². The zero-order valence-electron chi connectivity index (χ0n) is 11.6. The minimum absolute atomic E-state index is 0.135. The van der Waals surface area contributed by atoms with E-state index in [1.165, 1.54) is 23.9 Å². The summed E-state index contributed by atoms with van der Waals surface area (Å²) in [5.41, 5.74) is 0.929. The van der Waals surface area contributed by atoms with Gasteiger partial charge in [0.15, 0.2) is 0 Å². The number of nitrogens with zero attached hydrogens (tertiary/aromatic N) is 2. The first-order valence-electron chi connectivity index (χ1n) is 6.29. The first-order valence-corrected chi connectivity index (χ1v) is 6.29. The number of benzene rings is 1. The molecule has 0 saturated carbocycles. The molecule has 1 amide bonds. The predicted molar refractivity (Wildman–Crippen MR) is 77.8 cm³/mol. The van der Waals surface area contributed by atoms with Crippen LogP contribution in [0.15, 0.2) is 36.5 Å². The Morgan fingerprint density at radius 2 is 2.09 bits per heavy atom. The van der Waals surface area contributed by atoms with Gasteiger partial charge in [-0.15, -0.1) is 0 Å². The molecule has 1 heterocycles. The van der Waals surface area contributed by atoms with Crippen molar-refractivity contribution in [2.24, 2.45) is 7.05 Å². The third kappa shape index (κ3) is 3.48. The highest BCUT2D eigenvalue weighted by Crippen LogP contribution is 2.17. The fourth-order valence-electron chi connectivity index (χ4n) is 2.00. The zero-order valence-corrected chi connectivity index (χ0v) is 11.6. The Hall–Kier alpha value is -3.16. The van der Waals surface area contributed by atoms with Gasteiger partial charge in [0, 0.05) is 18.8 Å². The molecule has 0 bridgehead atoms. The van der Waals surface area contributed by atoms with Gasteiger partial charge < -0.3 is 15.0 Å². The Balaban J connectivity index is 2.18. The summed E-state index contributed by atoms with van der Waals surface area (Å²) in [5, 5.41) is 22.0. The maximum atomic E-state index is 12.1. The number of aryl methyl sites for hydroxylation is 1. The Kier molecular flexibility index (Phi) is 4.21. The van der Waals surface area contributed by atoms with E-state index in [9.17, 15) is 19.7 Å². The van der Waals surface area contributed by atoms with Gasteiger partial charge in [-0.1, -0.05) is 12.1 Å². The summed E-state index contributed by atoms with van der Waals surface area (Å²) < 4.78 is 1.36. The second-order valence-corrected chi connectivity index (χ2v) is 4.68. The maximum absolute atomic E-state index is 12.1. The monoisotopic (exact) mass is 303 g/mol. The van der Waals surface area contributed by atoms with Crippen molar-refractivity contribution < 1.29 is 19.6 Å². The summed E-state index contributed by atoms with van der Waals surface area (Å²) in [6, 6.07) is 7.60. The fourth-order valence-corrected chi connectivity index (χ4v) is 2.00. The molecule has 0 saturated heterocycles. The van der Waals surface area contributed by atoms with Gasteiger partial charge in [-0.2, -0.15) is 0 Å². The lowest BCUT2D eigenvalue weighted by Gasteiger charge is -2.07. The van der Waals surface area contributed by atoms with Crippen molar-refractivity contribution in [3.63, 3.8) is 0 Å². The standard InChI is InChI=1S/C14H13N3O5/c1-16-8-11(17(21)22)7-12(16)14(20)15-10-4-2-3-9(5-10)6-13(18)19/h2-5,7-8H,6H2,1H3,(H,15,20)(H,18,19). The van der Waals surface area contributed by atoms with E-state index in [0.29, 0.717) is 11.3 Å². The van der Waals surface area contributed by atoms with E-state index in [0.717, 1.165) is 0 Å². The molecule has 0 atom stereocenters. The van der Waals surface area contributed by atoms with Crippen LogP contribution in [0, 0.1) is 10.1 Å². The van der Waals surface area contributed by atoms with E-state index < -0.39 is 16.8 Å². The lowest BCUT2D eigenvalue weighted by atomic mass is 10.1. The molecule has 0 unspecified atom stereocenters. The number of nitro groups is 1. The van der Waals surface area contributed by atoms with Crippen LogP contribution in [0.4, 0.5) is 11.4 Å². The third-order valence-corrected chi connectivity index (χ3v) is 2.97. The Morgan fingerprint density at radius 3 is 2.68 bits per heavy atom. The fraction of sp³-hybridized carbons (Fsp3) is 0.143. The van der Waals surface area contributed by atoms with Crippen LogP contribution in [0.25, 0.3) is 0 Å². The number of carbonyl (C=O) groups excluding carboxylic acids is 1. The van der Waals surface area contributed by atoms with E-state index in [4.69, 9.17) is 5.11 Å². The topological polar surface area (TPSA) is 114 Å². The number of carbonyl (C=O) groups is 2. The average Bonchev–Trinajstić information content (AvgIpc) is 2.80. The van der Waals surface area contributed by atoms with Gasteiger partial charge in [0.1, 0.15) is 5.69 Å². The van der Waals surface area contributed by atoms with Crippen LogP contribution in [-0.4, -0.2) is 26.5 Å². The molecule has 0 spiro atoms. The van der Waals surface area contributed by atoms with Gasteiger partial charge in [-0.05, 0) is 17.7 Å². The molecule has 8 nitrogen and oxygen atoms in total. The highest BCUT2D eigenvalue weighted by Gasteiger charge is 2.17. The van der Waals surface area contributed by atoms with E-state index in [-0.39, 0.29) is 17.8 Å². The van der Waals surface area contributed by atoms with E-state index in [1.807, 2.05) is 0 Å². The van der Waals surface area contributed by atoms with Gasteiger partial charge in [0.05, 0.1) is 17.5 Å². The number of hydrogen-bond acceptors (Lipinski definition) is 4. The SMILES string of the molecule is Cn1cc([N+](=O)[O-])cc1C(=O)Nc1cccc(CC(=O)O)c1. The van der Waals surface area contributed by atoms with Crippen LogP contribution in [0.2, 0.25) is 0 Å². The lowest BCUT2D eigenvalue weighted by molar-refractivity contribution is -0.384. The van der Waals surface area contributed by atoms with Gasteiger partial charge >= 0.3 is 5.97 Å². The second kappa shape index (κ2) is 6.08. The smallest absolute Gasteiger partial charge is 0.307 e.